The third-order valence-electron chi connectivity index (χ3n) is 7.73. The van der Waals surface area contributed by atoms with E-state index >= 15 is 0 Å². The smallest absolute Gasteiger partial charge is 0.306 e. The van der Waals surface area contributed by atoms with E-state index in [1.807, 2.05) is 79.7 Å². The molecule has 4 aromatic carbocycles. The van der Waals surface area contributed by atoms with Crippen molar-refractivity contribution in [1.29, 1.82) is 0 Å². The first-order chi connectivity index (χ1) is 20.0. The Balaban J connectivity index is 0.000000191. The van der Waals surface area contributed by atoms with Crippen LogP contribution in [0.4, 0.5) is 0 Å². The molecule has 1 aliphatic rings. The summed E-state index contributed by atoms with van der Waals surface area (Å²) in [7, 11) is 0. The Hall–Kier alpha value is -4.51. The average molecular weight is 548 g/mol. The van der Waals surface area contributed by atoms with Crippen LogP contribution in [0.3, 0.4) is 0 Å². The SMILES string of the molecule is CCC(CC(C(=O)c1ccccc1)c1ccccc1)C(=O)O.O=C1CC[C@H](c2ccccc2)[C@@H](c2ccccc2)N1. The first-order valence-corrected chi connectivity index (χ1v) is 14.2. The third-order valence-corrected chi connectivity index (χ3v) is 7.73. The van der Waals surface area contributed by atoms with Crippen molar-refractivity contribution in [2.24, 2.45) is 5.92 Å². The van der Waals surface area contributed by atoms with E-state index in [9.17, 15) is 19.5 Å². The molecule has 1 amide bonds. The Kier molecular flexibility index (Phi) is 10.6. The number of rotatable bonds is 9. The number of carbonyl (C=O) groups is 3. The summed E-state index contributed by atoms with van der Waals surface area (Å²) in [4.78, 5) is 35.9. The predicted octanol–water partition coefficient (Wildman–Crippen LogP) is 7.58. The number of amides is 1. The number of benzene rings is 4. The summed E-state index contributed by atoms with van der Waals surface area (Å²) < 4.78 is 0. The van der Waals surface area contributed by atoms with E-state index in [0.29, 0.717) is 30.7 Å². The van der Waals surface area contributed by atoms with Crippen molar-refractivity contribution in [1.82, 2.24) is 5.32 Å². The molecule has 2 N–H and O–H groups in total. The van der Waals surface area contributed by atoms with Crippen LogP contribution >= 0.6 is 0 Å². The van der Waals surface area contributed by atoms with Crippen molar-refractivity contribution in [3.8, 4) is 0 Å². The van der Waals surface area contributed by atoms with Gasteiger partial charge in [-0.2, -0.15) is 0 Å². The first-order valence-electron chi connectivity index (χ1n) is 14.2. The highest BCUT2D eigenvalue weighted by Gasteiger charge is 2.31. The van der Waals surface area contributed by atoms with E-state index in [4.69, 9.17) is 0 Å². The number of hydrogen-bond acceptors (Lipinski definition) is 3. The molecule has 0 spiro atoms. The molecule has 0 bridgehead atoms. The second kappa shape index (κ2) is 14.8. The van der Waals surface area contributed by atoms with Gasteiger partial charge in [0, 0.05) is 23.8 Å². The van der Waals surface area contributed by atoms with Crippen molar-refractivity contribution in [3.05, 3.63) is 144 Å². The number of carboxylic acid groups (broad SMARTS) is 1. The number of hydrogen-bond donors (Lipinski definition) is 2. The minimum absolute atomic E-state index is 0.0218. The zero-order chi connectivity index (χ0) is 29.0. The second-order valence-corrected chi connectivity index (χ2v) is 10.4. The molecule has 210 valence electrons. The fourth-order valence-corrected chi connectivity index (χ4v) is 5.44. The molecule has 0 aromatic heterocycles. The molecule has 1 fully saturated rings. The first kappa shape index (κ1) is 29.5. The summed E-state index contributed by atoms with van der Waals surface area (Å²) in [5.74, 6) is -1.29. The third kappa shape index (κ3) is 8.01. The van der Waals surface area contributed by atoms with Gasteiger partial charge in [-0.25, -0.2) is 0 Å². The van der Waals surface area contributed by atoms with Crippen LogP contribution in [0.2, 0.25) is 0 Å². The van der Waals surface area contributed by atoms with Gasteiger partial charge in [-0.05, 0) is 36.0 Å². The lowest BCUT2D eigenvalue weighted by atomic mass is 9.81. The van der Waals surface area contributed by atoms with Gasteiger partial charge in [0.05, 0.1) is 12.0 Å². The summed E-state index contributed by atoms with van der Waals surface area (Å²) >= 11 is 0. The average Bonchev–Trinajstić information content (AvgIpc) is 3.03. The lowest BCUT2D eigenvalue weighted by molar-refractivity contribution is -0.142. The topological polar surface area (TPSA) is 83.5 Å². The maximum atomic E-state index is 12.8. The summed E-state index contributed by atoms with van der Waals surface area (Å²) in [5.41, 5.74) is 3.98. The van der Waals surface area contributed by atoms with Crippen LogP contribution in [0, 0.1) is 5.92 Å². The Morgan fingerprint density at radius 3 is 1.83 bits per heavy atom. The Morgan fingerprint density at radius 1 is 0.780 bits per heavy atom. The molecule has 1 heterocycles. The van der Waals surface area contributed by atoms with Crippen LogP contribution < -0.4 is 5.32 Å². The Labute approximate surface area is 242 Å². The highest BCUT2D eigenvalue weighted by Crippen LogP contribution is 2.37. The molecule has 5 nitrogen and oxygen atoms in total. The Bertz CT molecular complexity index is 1390. The van der Waals surface area contributed by atoms with Crippen LogP contribution in [-0.2, 0) is 9.59 Å². The molecule has 1 aliphatic heterocycles. The zero-order valence-electron chi connectivity index (χ0n) is 23.4. The van der Waals surface area contributed by atoms with Gasteiger partial charge in [-0.3, -0.25) is 14.4 Å². The fourth-order valence-electron chi connectivity index (χ4n) is 5.44. The van der Waals surface area contributed by atoms with Gasteiger partial charge in [-0.1, -0.05) is 128 Å². The van der Waals surface area contributed by atoms with Crippen molar-refractivity contribution < 1.29 is 19.5 Å². The maximum absolute atomic E-state index is 12.8. The van der Waals surface area contributed by atoms with Crippen LogP contribution in [-0.4, -0.2) is 22.8 Å². The minimum Gasteiger partial charge on any atom is -0.481 e. The Morgan fingerprint density at radius 2 is 1.29 bits per heavy atom. The number of carbonyl (C=O) groups excluding carboxylic acids is 2. The molecule has 0 aliphatic carbocycles. The standard InChI is InChI=1S/C19H20O3.C17H17NO/c1-2-14(19(21)22)13-17(15-9-5-3-6-10-15)18(20)16-11-7-4-8-12-16;19-16-12-11-15(13-7-3-1-4-8-13)17(18-16)14-9-5-2-6-10-14/h3-12,14,17H,2,13H2,1H3,(H,21,22);1-10,15,17H,11-12H2,(H,18,19)/t;15-,17-/m.1/s1. The zero-order valence-corrected chi connectivity index (χ0v) is 23.4. The van der Waals surface area contributed by atoms with Crippen LogP contribution in [0.25, 0.3) is 0 Å². The van der Waals surface area contributed by atoms with E-state index in [-0.39, 0.29) is 17.7 Å². The van der Waals surface area contributed by atoms with Gasteiger partial charge in [0.25, 0.3) is 0 Å². The predicted molar refractivity (Wildman–Crippen MR) is 162 cm³/mol. The van der Waals surface area contributed by atoms with Crippen LogP contribution in [0.1, 0.15) is 77.5 Å². The van der Waals surface area contributed by atoms with Gasteiger partial charge < -0.3 is 10.4 Å². The number of nitrogens with one attached hydrogen (secondary N) is 1. The van der Waals surface area contributed by atoms with Crippen molar-refractivity contribution in [3.63, 3.8) is 0 Å². The maximum Gasteiger partial charge on any atom is 0.306 e. The monoisotopic (exact) mass is 547 g/mol. The van der Waals surface area contributed by atoms with Gasteiger partial charge in [0.1, 0.15) is 0 Å². The van der Waals surface area contributed by atoms with Gasteiger partial charge in [-0.15, -0.1) is 0 Å². The second-order valence-electron chi connectivity index (χ2n) is 10.4. The highest BCUT2D eigenvalue weighted by atomic mass is 16.4. The van der Waals surface area contributed by atoms with Crippen LogP contribution in [0.15, 0.2) is 121 Å². The molecule has 4 aromatic rings. The number of aliphatic carboxylic acids is 1. The van der Waals surface area contributed by atoms with Gasteiger partial charge >= 0.3 is 5.97 Å². The quantitative estimate of drug-likeness (QED) is 0.212. The van der Waals surface area contributed by atoms with Gasteiger partial charge in [0.2, 0.25) is 5.91 Å². The van der Waals surface area contributed by atoms with E-state index < -0.39 is 17.8 Å². The van der Waals surface area contributed by atoms with E-state index in [1.54, 1.807) is 12.1 Å². The normalized spacial score (nSPS) is 17.7. The molecular weight excluding hydrogens is 510 g/mol. The molecule has 2 unspecified atom stereocenters. The number of carboxylic acids is 1. The molecule has 0 radical (unpaired) electrons. The van der Waals surface area contributed by atoms with Crippen LogP contribution in [0.5, 0.6) is 0 Å². The highest BCUT2D eigenvalue weighted by molar-refractivity contribution is 6.01. The molecule has 0 saturated carbocycles. The molecule has 4 atom stereocenters. The van der Waals surface area contributed by atoms with E-state index in [1.165, 1.54) is 11.1 Å². The fraction of sp³-hybridized carbons (Fsp3) is 0.250. The largest absolute Gasteiger partial charge is 0.481 e. The van der Waals surface area contributed by atoms with E-state index in [2.05, 4.69) is 41.7 Å². The van der Waals surface area contributed by atoms with E-state index in [0.717, 1.165) is 12.0 Å². The summed E-state index contributed by atoms with van der Waals surface area (Å²) in [6.07, 6.45) is 2.36. The number of Topliss-reactive ketones (excluding diaryl/α,β-unsaturated/α-hetero) is 1. The van der Waals surface area contributed by atoms with Crippen molar-refractivity contribution in [2.45, 2.75) is 50.5 Å². The summed E-state index contributed by atoms with van der Waals surface area (Å²) in [5, 5.41) is 12.5. The van der Waals surface area contributed by atoms with Crippen molar-refractivity contribution >= 4 is 17.7 Å². The lowest BCUT2D eigenvalue weighted by Gasteiger charge is -2.33. The molecular formula is C36H37NO4. The number of piperidine rings is 1. The molecule has 1 saturated heterocycles. The summed E-state index contributed by atoms with van der Waals surface area (Å²) in [6.45, 7) is 1.84. The minimum atomic E-state index is -0.843. The number of ketones is 1. The molecule has 5 rings (SSSR count). The lowest BCUT2D eigenvalue weighted by Crippen LogP contribution is -2.37. The van der Waals surface area contributed by atoms with Crippen molar-refractivity contribution in [2.75, 3.05) is 0 Å². The van der Waals surface area contributed by atoms with Gasteiger partial charge in [0.15, 0.2) is 5.78 Å². The summed E-state index contributed by atoms with van der Waals surface area (Å²) in [6, 6.07) is 39.3. The molecule has 5 heteroatoms. The molecule has 41 heavy (non-hydrogen) atoms.